The van der Waals surface area contributed by atoms with Gasteiger partial charge in [-0.05, 0) is 35.4 Å². The fourth-order valence-electron chi connectivity index (χ4n) is 2.35. The van der Waals surface area contributed by atoms with E-state index in [0.717, 1.165) is 23.4 Å². The fraction of sp³-hybridized carbons (Fsp3) is 0.167. The van der Waals surface area contributed by atoms with Gasteiger partial charge in [0.15, 0.2) is 0 Å². The van der Waals surface area contributed by atoms with Crippen LogP contribution in [0.2, 0.25) is 0 Å². The molecule has 2 aromatic rings. The maximum Gasteiger partial charge on any atom is 0.416 e. The van der Waals surface area contributed by atoms with Crippen LogP contribution in [0, 0.1) is 0 Å². The Kier molecular flexibility index (Phi) is 5.28. The molecule has 0 unspecified atom stereocenters. The lowest BCUT2D eigenvalue weighted by atomic mass is 10.1. The van der Waals surface area contributed by atoms with E-state index in [9.17, 15) is 18.0 Å². The number of para-hydroxylation sites is 1. The van der Waals surface area contributed by atoms with Crippen LogP contribution in [-0.4, -0.2) is 13.0 Å². The minimum atomic E-state index is -4.36. The molecular weight excluding hydrogens is 317 g/mol. The Balaban J connectivity index is 2.25. The first-order valence-electron chi connectivity index (χ1n) is 7.21. The lowest BCUT2D eigenvalue weighted by molar-refractivity contribution is -0.137. The number of nitrogens with zero attached hydrogens (tertiary/aromatic N) is 1. The molecule has 1 amide bonds. The van der Waals surface area contributed by atoms with E-state index in [0.29, 0.717) is 12.1 Å². The Bertz CT molecular complexity index is 754. The van der Waals surface area contributed by atoms with E-state index in [1.54, 1.807) is 25.3 Å². The van der Waals surface area contributed by atoms with Gasteiger partial charge < -0.3 is 10.6 Å². The van der Waals surface area contributed by atoms with Crippen molar-refractivity contribution in [3.8, 4) is 0 Å². The smallest absolute Gasteiger partial charge is 0.370 e. The monoisotopic (exact) mass is 334 g/mol. The number of halogens is 3. The normalized spacial score (nSPS) is 11.7. The van der Waals surface area contributed by atoms with Crippen LogP contribution in [0.15, 0.2) is 54.6 Å². The predicted molar refractivity (Wildman–Crippen MR) is 88.2 cm³/mol. The number of carbonyl (C=O) groups is 1. The van der Waals surface area contributed by atoms with Crippen LogP contribution < -0.4 is 10.6 Å². The van der Waals surface area contributed by atoms with Gasteiger partial charge in [0, 0.05) is 25.4 Å². The molecular formula is C18H17F3N2O. The molecule has 2 rings (SSSR count). The maximum atomic E-state index is 12.8. The standard InChI is InChI=1S/C18H17F3N2O/c1-23(12-13-5-4-7-15(11-13)18(19,20)21)16-8-3-2-6-14(16)9-10-17(22)24/h2-11H,12H2,1H3,(H2,22,24). The molecule has 2 aromatic carbocycles. The lowest BCUT2D eigenvalue weighted by Gasteiger charge is -2.22. The van der Waals surface area contributed by atoms with Gasteiger partial charge in [0.05, 0.1) is 5.56 Å². The van der Waals surface area contributed by atoms with Crippen LogP contribution in [0.5, 0.6) is 0 Å². The third-order valence-corrected chi connectivity index (χ3v) is 3.45. The summed E-state index contributed by atoms with van der Waals surface area (Å²) in [5.41, 5.74) is 6.51. The molecule has 0 bridgehead atoms. The third-order valence-electron chi connectivity index (χ3n) is 3.45. The molecule has 0 fully saturated rings. The number of anilines is 1. The lowest BCUT2D eigenvalue weighted by Crippen LogP contribution is -2.18. The highest BCUT2D eigenvalue weighted by Crippen LogP contribution is 2.30. The minimum Gasteiger partial charge on any atom is -0.370 e. The van der Waals surface area contributed by atoms with Crippen LogP contribution in [-0.2, 0) is 17.5 Å². The second-order valence-corrected chi connectivity index (χ2v) is 5.35. The van der Waals surface area contributed by atoms with Crippen molar-refractivity contribution in [2.24, 2.45) is 5.73 Å². The summed E-state index contributed by atoms with van der Waals surface area (Å²) in [4.78, 5) is 12.7. The molecule has 126 valence electrons. The van der Waals surface area contributed by atoms with Crippen LogP contribution >= 0.6 is 0 Å². The third kappa shape index (κ3) is 4.62. The van der Waals surface area contributed by atoms with Crippen molar-refractivity contribution in [3.63, 3.8) is 0 Å². The largest absolute Gasteiger partial charge is 0.416 e. The zero-order valence-corrected chi connectivity index (χ0v) is 13.0. The molecule has 0 spiro atoms. The van der Waals surface area contributed by atoms with E-state index in [1.807, 2.05) is 23.1 Å². The summed E-state index contributed by atoms with van der Waals surface area (Å²) < 4.78 is 38.4. The molecule has 3 nitrogen and oxygen atoms in total. The highest BCUT2D eigenvalue weighted by Gasteiger charge is 2.30. The van der Waals surface area contributed by atoms with Gasteiger partial charge in [-0.25, -0.2) is 0 Å². The number of primary amides is 1. The van der Waals surface area contributed by atoms with Crippen molar-refractivity contribution in [3.05, 3.63) is 71.3 Å². The highest BCUT2D eigenvalue weighted by atomic mass is 19.4. The van der Waals surface area contributed by atoms with Gasteiger partial charge in [-0.2, -0.15) is 13.2 Å². The number of benzene rings is 2. The number of alkyl halides is 3. The summed E-state index contributed by atoms with van der Waals surface area (Å²) in [5.74, 6) is -0.565. The van der Waals surface area contributed by atoms with Crippen LogP contribution in [0.25, 0.3) is 6.08 Å². The fourth-order valence-corrected chi connectivity index (χ4v) is 2.35. The zero-order chi connectivity index (χ0) is 17.7. The van der Waals surface area contributed by atoms with E-state index in [-0.39, 0.29) is 0 Å². The van der Waals surface area contributed by atoms with Crippen LogP contribution in [0.1, 0.15) is 16.7 Å². The van der Waals surface area contributed by atoms with Crippen molar-refractivity contribution < 1.29 is 18.0 Å². The Hall–Kier alpha value is -2.76. The first kappa shape index (κ1) is 17.6. The Morgan fingerprint density at radius 3 is 2.54 bits per heavy atom. The molecule has 0 heterocycles. The predicted octanol–water partition coefficient (Wildman–Crippen LogP) is 3.84. The second kappa shape index (κ2) is 7.21. The van der Waals surface area contributed by atoms with E-state index in [1.165, 1.54) is 12.1 Å². The molecule has 0 aliphatic carbocycles. The second-order valence-electron chi connectivity index (χ2n) is 5.35. The molecule has 0 atom stereocenters. The number of rotatable bonds is 5. The van der Waals surface area contributed by atoms with Gasteiger partial charge >= 0.3 is 6.18 Å². The van der Waals surface area contributed by atoms with Crippen molar-refractivity contribution >= 4 is 17.7 Å². The van der Waals surface area contributed by atoms with Crippen molar-refractivity contribution in [1.29, 1.82) is 0 Å². The Labute approximate surface area is 138 Å². The average molecular weight is 334 g/mol. The highest BCUT2D eigenvalue weighted by molar-refractivity contribution is 5.91. The van der Waals surface area contributed by atoms with Crippen LogP contribution in [0.3, 0.4) is 0 Å². The molecule has 0 saturated heterocycles. The van der Waals surface area contributed by atoms with Gasteiger partial charge in [-0.15, -0.1) is 0 Å². The Morgan fingerprint density at radius 2 is 1.88 bits per heavy atom. The SMILES string of the molecule is CN(Cc1cccc(C(F)(F)F)c1)c1ccccc1C=CC(N)=O. The van der Waals surface area contributed by atoms with Gasteiger partial charge in [-0.1, -0.05) is 30.3 Å². The van der Waals surface area contributed by atoms with E-state index in [4.69, 9.17) is 5.73 Å². The average Bonchev–Trinajstić information content (AvgIpc) is 2.52. The summed E-state index contributed by atoms with van der Waals surface area (Å²) in [7, 11) is 1.78. The number of carbonyl (C=O) groups excluding carboxylic acids is 1. The summed E-state index contributed by atoms with van der Waals surface area (Å²) >= 11 is 0. The minimum absolute atomic E-state index is 0.297. The molecule has 6 heteroatoms. The molecule has 0 saturated carbocycles. The van der Waals surface area contributed by atoms with Gasteiger partial charge in [0.25, 0.3) is 0 Å². The topological polar surface area (TPSA) is 46.3 Å². The van der Waals surface area contributed by atoms with Gasteiger partial charge in [0.2, 0.25) is 5.91 Å². The van der Waals surface area contributed by atoms with Crippen LogP contribution in [0.4, 0.5) is 18.9 Å². The summed E-state index contributed by atoms with van der Waals surface area (Å²) in [6, 6.07) is 12.5. The van der Waals surface area contributed by atoms with Gasteiger partial charge in [-0.3, -0.25) is 4.79 Å². The summed E-state index contributed by atoms with van der Waals surface area (Å²) in [6.45, 7) is 0.297. The zero-order valence-electron chi connectivity index (χ0n) is 13.0. The molecule has 0 aliphatic rings. The number of nitrogens with two attached hydrogens (primary N) is 1. The molecule has 2 N–H and O–H groups in total. The first-order chi connectivity index (χ1) is 11.3. The molecule has 0 aliphatic heterocycles. The summed E-state index contributed by atoms with van der Waals surface area (Å²) in [6.07, 6.45) is -1.53. The van der Waals surface area contributed by atoms with E-state index >= 15 is 0 Å². The number of amides is 1. The molecule has 0 aromatic heterocycles. The van der Waals surface area contributed by atoms with Crippen molar-refractivity contribution in [2.45, 2.75) is 12.7 Å². The number of hydrogen-bond donors (Lipinski definition) is 1. The van der Waals surface area contributed by atoms with Crippen molar-refractivity contribution in [1.82, 2.24) is 0 Å². The quantitative estimate of drug-likeness (QED) is 0.845. The van der Waals surface area contributed by atoms with Gasteiger partial charge in [0.1, 0.15) is 0 Å². The van der Waals surface area contributed by atoms with Crippen molar-refractivity contribution in [2.75, 3.05) is 11.9 Å². The van der Waals surface area contributed by atoms with E-state index < -0.39 is 17.6 Å². The molecule has 24 heavy (non-hydrogen) atoms. The summed E-state index contributed by atoms with van der Waals surface area (Å²) in [5, 5.41) is 0. The molecule has 0 radical (unpaired) electrons. The van der Waals surface area contributed by atoms with E-state index in [2.05, 4.69) is 0 Å². The maximum absolute atomic E-state index is 12.8. The number of hydrogen-bond acceptors (Lipinski definition) is 2. The Morgan fingerprint density at radius 1 is 1.17 bits per heavy atom. The first-order valence-corrected chi connectivity index (χ1v) is 7.21.